The van der Waals surface area contributed by atoms with E-state index in [9.17, 15) is 24.5 Å². The average molecular weight is 437 g/mol. The number of cyclic esters (lactones) is 2. The molecule has 2 aromatic rings. The Morgan fingerprint density at radius 3 is 2.00 bits per heavy atom. The van der Waals surface area contributed by atoms with Crippen molar-refractivity contribution in [1.29, 1.82) is 0 Å². The van der Waals surface area contributed by atoms with Gasteiger partial charge in [-0.05, 0) is 18.1 Å². The number of non-ortho nitro benzene ring substituents is 1. The fourth-order valence-electron chi connectivity index (χ4n) is 4.87. The van der Waals surface area contributed by atoms with Crippen molar-refractivity contribution < 1.29 is 28.8 Å². The number of hydrogen-bond acceptors (Lipinski definition) is 7. The van der Waals surface area contributed by atoms with Crippen LogP contribution in [0.25, 0.3) is 0 Å². The third-order valence-corrected chi connectivity index (χ3v) is 6.27. The highest BCUT2D eigenvalue weighted by Gasteiger charge is 2.67. The Bertz CT molecular complexity index is 1100. The van der Waals surface area contributed by atoms with Crippen molar-refractivity contribution in [3.63, 3.8) is 0 Å². The molecule has 0 aromatic heterocycles. The molecule has 1 saturated carbocycles. The quantitative estimate of drug-likeness (QED) is 0.309. The molecule has 2 fully saturated rings. The summed E-state index contributed by atoms with van der Waals surface area (Å²) in [7, 11) is 0. The molecule has 0 N–H and O–H groups in total. The Labute approximate surface area is 184 Å². The summed E-state index contributed by atoms with van der Waals surface area (Å²) in [5.74, 6) is -4.72. The average Bonchev–Trinajstić information content (AvgIpc) is 2.71. The SMILES string of the molecule is Cc1cccc([C@@H]2CC(=O)C[C@H](c3ccc([N+](=O)[O-])cc3)C23C(=O)OC(C)(C)OC3=O)c1. The maximum Gasteiger partial charge on any atom is 0.328 e. The lowest BCUT2D eigenvalue weighted by Crippen LogP contribution is -2.61. The number of Topliss-reactive ketones (excluding diaryl/α,β-unsaturated/α-hetero) is 1. The van der Waals surface area contributed by atoms with Gasteiger partial charge in [0.15, 0.2) is 5.41 Å². The number of carbonyl (C=O) groups is 3. The van der Waals surface area contributed by atoms with Crippen LogP contribution in [0.5, 0.6) is 0 Å². The Kier molecular flexibility index (Phi) is 5.11. The van der Waals surface area contributed by atoms with Gasteiger partial charge in [-0.25, -0.2) is 0 Å². The highest BCUT2D eigenvalue weighted by Crippen LogP contribution is 2.57. The van der Waals surface area contributed by atoms with Gasteiger partial charge in [0.05, 0.1) is 4.92 Å². The first-order chi connectivity index (χ1) is 15.0. The first-order valence-electron chi connectivity index (χ1n) is 10.3. The molecule has 8 nitrogen and oxygen atoms in total. The lowest BCUT2D eigenvalue weighted by Gasteiger charge is -2.50. The van der Waals surface area contributed by atoms with Crippen molar-refractivity contribution in [2.75, 3.05) is 0 Å². The third kappa shape index (κ3) is 3.45. The topological polar surface area (TPSA) is 113 Å². The van der Waals surface area contributed by atoms with Crippen molar-refractivity contribution in [1.82, 2.24) is 0 Å². The molecule has 1 heterocycles. The van der Waals surface area contributed by atoms with Crippen molar-refractivity contribution in [2.24, 2.45) is 5.41 Å². The second-order valence-electron chi connectivity index (χ2n) is 8.86. The second kappa shape index (κ2) is 7.55. The van der Waals surface area contributed by atoms with Crippen molar-refractivity contribution in [2.45, 2.75) is 51.2 Å². The van der Waals surface area contributed by atoms with Crippen LogP contribution in [-0.4, -0.2) is 28.4 Å². The maximum absolute atomic E-state index is 13.6. The van der Waals surface area contributed by atoms with E-state index in [4.69, 9.17) is 9.47 Å². The molecule has 2 atom stereocenters. The van der Waals surface area contributed by atoms with E-state index in [0.29, 0.717) is 11.1 Å². The predicted molar refractivity (Wildman–Crippen MR) is 113 cm³/mol. The van der Waals surface area contributed by atoms with Crippen LogP contribution in [-0.2, 0) is 23.9 Å². The van der Waals surface area contributed by atoms with E-state index in [1.165, 1.54) is 38.1 Å². The fourth-order valence-corrected chi connectivity index (χ4v) is 4.87. The number of nitro groups is 1. The normalized spacial score (nSPS) is 24.0. The summed E-state index contributed by atoms with van der Waals surface area (Å²) < 4.78 is 11.1. The van der Waals surface area contributed by atoms with Crippen molar-refractivity contribution in [3.8, 4) is 0 Å². The number of rotatable bonds is 3. The number of aryl methyl sites for hydroxylation is 1. The number of esters is 2. The molecule has 0 radical (unpaired) electrons. The summed E-state index contributed by atoms with van der Waals surface area (Å²) in [6.45, 7) is 4.84. The first-order valence-corrected chi connectivity index (χ1v) is 10.3. The Balaban J connectivity index is 1.93. The first kappa shape index (κ1) is 21.7. The van der Waals surface area contributed by atoms with Crippen molar-refractivity contribution in [3.05, 3.63) is 75.3 Å². The molecular formula is C24H23NO7. The smallest absolute Gasteiger partial charge is 0.328 e. The van der Waals surface area contributed by atoms with Crippen LogP contribution in [0.4, 0.5) is 5.69 Å². The van der Waals surface area contributed by atoms with Crippen LogP contribution in [0, 0.1) is 22.5 Å². The Morgan fingerprint density at radius 2 is 1.47 bits per heavy atom. The molecule has 1 spiro atoms. The number of hydrogen-bond donors (Lipinski definition) is 0. The predicted octanol–water partition coefficient (Wildman–Crippen LogP) is 3.96. The van der Waals surface area contributed by atoms with Gasteiger partial charge in [-0.15, -0.1) is 0 Å². The summed E-state index contributed by atoms with van der Waals surface area (Å²) in [4.78, 5) is 50.6. The number of nitrogens with zero attached hydrogens (tertiary/aromatic N) is 1. The minimum atomic E-state index is -1.78. The van der Waals surface area contributed by atoms with Crippen LogP contribution in [0.3, 0.4) is 0 Å². The minimum absolute atomic E-state index is 0.0163. The molecule has 0 unspecified atom stereocenters. The summed E-state index contributed by atoms with van der Waals surface area (Å²) in [5, 5.41) is 11.1. The van der Waals surface area contributed by atoms with Gasteiger partial charge >= 0.3 is 11.9 Å². The van der Waals surface area contributed by atoms with Gasteiger partial charge in [0.1, 0.15) is 5.78 Å². The standard InChI is InChI=1S/C24H23NO7/c1-14-5-4-6-16(11-14)20-13-18(26)12-19(15-7-9-17(10-8-15)25(29)30)24(20)21(27)31-23(2,3)32-22(24)28/h4-11,19-20H,12-13H2,1-3H3/t19-,20+/m1/s1. The molecule has 1 aliphatic heterocycles. The third-order valence-electron chi connectivity index (χ3n) is 6.27. The van der Waals surface area contributed by atoms with E-state index in [1.54, 1.807) is 6.07 Å². The zero-order valence-corrected chi connectivity index (χ0v) is 18.0. The molecule has 32 heavy (non-hydrogen) atoms. The summed E-state index contributed by atoms with van der Waals surface area (Å²) in [6.07, 6.45) is -0.0949. The highest BCUT2D eigenvalue weighted by molar-refractivity contribution is 6.06. The van der Waals surface area contributed by atoms with Crippen LogP contribution < -0.4 is 0 Å². The van der Waals surface area contributed by atoms with Crippen LogP contribution in [0.15, 0.2) is 48.5 Å². The van der Waals surface area contributed by atoms with Gasteiger partial charge in [-0.2, -0.15) is 0 Å². The van der Waals surface area contributed by atoms with Crippen LogP contribution >= 0.6 is 0 Å². The lowest BCUT2D eigenvalue weighted by atomic mass is 9.55. The number of benzene rings is 2. The zero-order valence-electron chi connectivity index (χ0n) is 18.0. The zero-order chi connectivity index (χ0) is 23.3. The molecule has 2 aliphatic rings. The summed E-state index contributed by atoms with van der Waals surface area (Å²) in [5.41, 5.74) is 0.136. The molecule has 0 bridgehead atoms. The summed E-state index contributed by atoms with van der Waals surface area (Å²) >= 11 is 0. The van der Waals surface area contributed by atoms with Gasteiger partial charge in [-0.1, -0.05) is 42.0 Å². The number of ketones is 1. The van der Waals surface area contributed by atoms with Gasteiger partial charge in [0.2, 0.25) is 0 Å². The molecule has 166 valence electrons. The lowest BCUT2D eigenvalue weighted by molar-refractivity contribution is -0.384. The molecule has 8 heteroatoms. The number of ether oxygens (including phenoxy) is 2. The molecule has 4 rings (SSSR count). The van der Waals surface area contributed by atoms with Crippen LogP contribution in [0.1, 0.15) is 55.2 Å². The fraction of sp³-hybridized carbons (Fsp3) is 0.375. The second-order valence-corrected chi connectivity index (χ2v) is 8.86. The number of carbonyl (C=O) groups excluding carboxylic acids is 3. The number of nitro benzene ring substituents is 1. The van der Waals surface area contributed by atoms with E-state index in [0.717, 1.165) is 5.56 Å². The highest BCUT2D eigenvalue weighted by atomic mass is 16.7. The maximum atomic E-state index is 13.6. The van der Waals surface area contributed by atoms with Crippen LogP contribution in [0.2, 0.25) is 0 Å². The minimum Gasteiger partial charge on any atom is -0.422 e. The molecule has 1 aliphatic carbocycles. The van der Waals surface area contributed by atoms with Gasteiger partial charge in [0.25, 0.3) is 11.5 Å². The van der Waals surface area contributed by atoms with E-state index in [1.807, 2.05) is 25.1 Å². The van der Waals surface area contributed by atoms with Gasteiger partial charge < -0.3 is 9.47 Å². The summed E-state index contributed by atoms with van der Waals surface area (Å²) in [6, 6.07) is 12.9. The molecule has 0 amide bonds. The molecule has 2 aromatic carbocycles. The Hall–Kier alpha value is -3.55. The monoisotopic (exact) mass is 437 g/mol. The molecule has 1 saturated heterocycles. The van der Waals surface area contributed by atoms with E-state index in [2.05, 4.69) is 0 Å². The molecular weight excluding hydrogens is 414 g/mol. The largest absolute Gasteiger partial charge is 0.422 e. The van der Waals surface area contributed by atoms with Gasteiger partial charge in [0, 0.05) is 50.7 Å². The van der Waals surface area contributed by atoms with E-state index < -0.39 is 39.9 Å². The van der Waals surface area contributed by atoms with E-state index >= 15 is 0 Å². The Morgan fingerprint density at radius 1 is 0.906 bits per heavy atom. The van der Waals surface area contributed by atoms with Crippen molar-refractivity contribution >= 4 is 23.4 Å². The van der Waals surface area contributed by atoms with E-state index in [-0.39, 0.29) is 24.3 Å². The van der Waals surface area contributed by atoms with Gasteiger partial charge in [-0.3, -0.25) is 24.5 Å².